The van der Waals surface area contributed by atoms with Crippen LogP contribution in [-0.4, -0.2) is 22.3 Å². The number of nitrogens with zero attached hydrogens (tertiary/aromatic N) is 3. The number of hydrogen-bond acceptors (Lipinski definition) is 2. The lowest BCUT2D eigenvalue weighted by Gasteiger charge is -2.15. The summed E-state index contributed by atoms with van der Waals surface area (Å²) in [6.45, 7) is 4.11. The van der Waals surface area contributed by atoms with Crippen LogP contribution in [0.25, 0.3) is 5.69 Å². The fourth-order valence-corrected chi connectivity index (χ4v) is 4.16. The fraction of sp³-hybridized carbons (Fsp3) is 0.438. The Morgan fingerprint density at radius 3 is 1.95 bits per heavy atom. The third kappa shape index (κ3) is 9.91. The van der Waals surface area contributed by atoms with E-state index in [1.165, 1.54) is 30.6 Å². The molecule has 0 unspecified atom stereocenters. The van der Waals surface area contributed by atoms with Crippen molar-refractivity contribution in [2.24, 2.45) is 7.05 Å². The lowest BCUT2D eigenvalue weighted by atomic mass is 10.2. The van der Waals surface area contributed by atoms with E-state index in [0.29, 0.717) is 12.1 Å². The fourth-order valence-electron chi connectivity index (χ4n) is 4.16. The van der Waals surface area contributed by atoms with Crippen molar-refractivity contribution < 1.29 is 4.79 Å². The van der Waals surface area contributed by atoms with Gasteiger partial charge in [0.2, 0.25) is 5.91 Å². The van der Waals surface area contributed by atoms with Crippen molar-refractivity contribution in [2.75, 3.05) is 11.9 Å². The second kappa shape index (κ2) is 17.2. The van der Waals surface area contributed by atoms with Crippen LogP contribution in [0.2, 0.25) is 0 Å². The summed E-state index contributed by atoms with van der Waals surface area (Å²) in [5, 5.41) is 0. The standard InChI is InChI=1S/C32H45N3O2/c1-5-6-7-8-9-10-11-12-13-14-15-16-17-18-19-20-24-27-30(36)33(3)31-28(2)34(4)35(32(31)37)29-25-22-21-23-26-29/h9-10,12-13,15-16,18-19,21-23,25-26H,5-8,11,14,17,20,24,27H2,1-4H3/b10-9-,13-12-,16-15-,19-18-. The van der Waals surface area contributed by atoms with Gasteiger partial charge in [0, 0.05) is 20.5 Å². The molecule has 0 aliphatic rings. The van der Waals surface area contributed by atoms with Gasteiger partial charge < -0.3 is 4.90 Å². The minimum atomic E-state index is -0.178. The first kappa shape index (κ1) is 29.9. The summed E-state index contributed by atoms with van der Waals surface area (Å²) in [6.07, 6.45) is 27.6. The second-order valence-corrected chi connectivity index (χ2v) is 9.34. The van der Waals surface area contributed by atoms with E-state index in [0.717, 1.165) is 43.5 Å². The maximum Gasteiger partial charge on any atom is 0.295 e. The van der Waals surface area contributed by atoms with E-state index in [-0.39, 0.29) is 11.5 Å². The Hall–Kier alpha value is -3.34. The van der Waals surface area contributed by atoms with Crippen LogP contribution in [0.15, 0.2) is 83.7 Å². The number of hydrogen-bond donors (Lipinski definition) is 0. The van der Waals surface area contributed by atoms with Crippen LogP contribution in [0.1, 0.15) is 76.8 Å². The number of anilines is 1. The lowest BCUT2D eigenvalue weighted by Crippen LogP contribution is -2.31. The molecule has 0 saturated heterocycles. The second-order valence-electron chi connectivity index (χ2n) is 9.34. The average molecular weight is 504 g/mol. The van der Waals surface area contributed by atoms with Gasteiger partial charge in [-0.3, -0.25) is 14.3 Å². The maximum atomic E-state index is 13.1. The van der Waals surface area contributed by atoms with E-state index in [1.807, 2.05) is 44.3 Å². The van der Waals surface area contributed by atoms with Crippen molar-refractivity contribution in [2.45, 2.75) is 78.1 Å². The van der Waals surface area contributed by atoms with Gasteiger partial charge in [-0.2, -0.15) is 0 Å². The number of para-hydroxylation sites is 1. The van der Waals surface area contributed by atoms with Crippen molar-refractivity contribution in [3.8, 4) is 5.69 Å². The topological polar surface area (TPSA) is 47.2 Å². The molecule has 0 atom stereocenters. The molecule has 0 bridgehead atoms. The number of aromatic nitrogens is 2. The molecule has 2 rings (SSSR count). The molecular weight excluding hydrogens is 458 g/mol. The van der Waals surface area contributed by atoms with Crippen LogP contribution < -0.4 is 10.5 Å². The summed E-state index contributed by atoms with van der Waals surface area (Å²) in [7, 11) is 3.54. The van der Waals surface area contributed by atoms with E-state index in [9.17, 15) is 9.59 Å². The molecule has 1 amide bonds. The van der Waals surface area contributed by atoms with E-state index < -0.39 is 0 Å². The van der Waals surface area contributed by atoms with Gasteiger partial charge in [0.1, 0.15) is 5.69 Å². The third-order valence-electron chi connectivity index (χ3n) is 6.45. The van der Waals surface area contributed by atoms with E-state index >= 15 is 0 Å². The highest BCUT2D eigenvalue weighted by Gasteiger charge is 2.22. The van der Waals surface area contributed by atoms with Gasteiger partial charge in [-0.15, -0.1) is 0 Å². The highest BCUT2D eigenvalue weighted by molar-refractivity contribution is 5.93. The first-order chi connectivity index (χ1) is 18.0. The van der Waals surface area contributed by atoms with E-state index in [1.54, 1.807) is 16.4 Å². The number of amides is 1. The Morgan fingerprint density at radius 1 is 0.838 bits per heavy atom. The molecule has 200 valence electrons. The van der Waals surface area contributed by atoms with Gasteiger partial charge in [0.05, 0.1) is 11.4 Å². The number of benzene rings is 1. The van der Waals surface area contributed by atoms with Crippen molar-refractivity contribution in [1.29, 1.82) is 0 Å². The first-order valence-corrected chi connectivity index (χ1v) is 13.7. The number of allylic oxidation sites excluding steroid dienone is 8. The lowest BCUT2D eigenvalue weighted by molar-refractivity contribution is -0.118. The molecular formula is C32H45N3O2. The van der Waals surface area contributed by atoms with Crippen LogP contribution in [0.3, 0.4) is 0 Å². The first-order valence-electron chi connectivity index (χ1n) is 13.7. The van der Waals surface area contributed by atoms with Crippen molar-refractivity contribution >= 4 is 11.6 Å². The van der Waals surface area contributed by atoms with Crippen LogP contribution in [0.5, 0.6) is 0 Å². The van der Waals surface area contributed by atoms with Crippen LogP contribution >= 0.6 is 0 Å². The van der Waals surface area contributed by atoms with Gasteiger partial charge in [0.15, 0.2) is 0 Å². The zero-order valence-corrected chi connectivity index (χ0v) is 23.2. The van der Waals surface area contributed by atoms with Crippen molar-refractivity contribution in [3.63, 3.8) is 0 Å². The minimum absolute atomic E-state index is 0.0399. The summed E-state index contributed by atoms with van der Waals surface area (Å²) in [5.74, 6) is -0.0399. The average Bonchev–Trinajstić information content (AvgIpc) is 3.13. The maximum absolute atomic E-state index is 13.1. The highest BCUT2D eigenvalue weighted by Crippen LogP contribution is 2.18. The summed E-state index contributed by atoms with van der Waals surface area (Å²) < 4.78 is 3.41. The molecule has 2 aromatic rings. The Kier molecular flexibility index (Phi) is 13.9. The van der Waals surface area contributed by atoms with Gasteiger partial charge >= 0.3 is 0 Å². The number of rotatable bonds is 16. The molecule has 0 aliphatic heterocycles. The number of unbranched alkanes of at least 4 members (excludes halogenated alkanes) is 4. The van der Waals surface area contributed by atoms with E-state index in [2.05, 4.69) is 55.5 Å². The summed E-state index contributed by atoms with van der Waals surface area (Å²) >= 11 is 0. The predicted molar refractivity (Wildman–Crippen MR) is 158 cm³/mol. The number of carbonyl (C=O) groups excluding carboxylic acids is 1. The van der Waals surface area contributed by atoms with Crippen LogP contribution in [-0.2, 0) is 11.8 Å². The monoisotopic (exact) mass is 503 g/mol. The zero-order chi connectivity index (χ0) is 26.9. The molecule has 5 heteroatoms. The minimum Gasteiger partial charge on any atom is -0.309 e. The SMILES string of the molecule is CCCCC/C=C\C/C=C\C/C=C\C/C=C\CCCC(=O)N(C)c1c(C)n(C)n(-c2ccccc2)c1=O. The van der Waals surface area contributed by atoms with Gasteiger partial charge in [-0.25, -0.2) is 4.68 Å². The quantitative estimate of drug-likeness (QED) is 0.175. The van der Waals surface area contributed by atoms with Gasteiger partial charge in [-0.1, -0.05) is 86.6 Å². The van der Waals surface area contributed by atoms with Crippen molar-refractivity contribution in [3.05, 3.63) is 95.0 Å². The van der Waals surface area contributed by atoms with Gasteiger partial charge in [-0.05, 0) is 64.0 Å². The number of carbonyl (C=O) groups is 1. The normalized spacial score (nSPS) is 12.1. The molecule has 0 aliphatic carbocycles. The molecule has 0 saturated carbocycles. The summed E-state index contributed by atoms with van der Waals surface area (Å²) in [4.78, 5) is 27.4. The molecule has 1 heterocycles. The van der Waals surface area contributed by atoms with Crippen molar-refractivity contribution in [1.82, 2.24) is 9.36 Å². The largest absolute Gasteiger partial charge is 0.309 e. The Bertz CT molecular complexity index is 1120. The predicted octanol–water partition coefficient (Wildman–Crippen LogP) is 7.59. The van der Waals surface area contributed by atoms with E-state index in [4.69, 9.17) is 0 Å². The van der Waals surface area contributed by atoms with Crippen LogP contribution in [0.4, 0.5) is 5.69 Å². The third-order valence-corrected chi connectivity index (χ3v) is 6.45. The Morgan fingerprint density at radius 2 is 1.38 bits per heavy atom. The molecule has 5 nitrogen and oxygen atoms in total. The highest BCUT2D eigenvalue weighted by atomic mass is 16.2. The molecule has 1 aromatic carbocycles. The zero-order valence-electron chi connectivity index (χ0n) is 23.2. The molecule has 1 aromatic heterocycles. The summed E-state index contributed by atoms with van der Waals surface area (Å²) in [5.41, 5.74) is 1.81. The Balaban J connectivity index is 1.69. The molecule has 0 spiro atoms. The van der Waals surface area contributed by atoms with Crippen LogP contribution in [0, 0.1) is 6.92 Å². The molecule has 0 radical (unpaired) electrons. The Labute approximate surface area is 223 Å². The summed E-state index contributed by atoms with van der Waals surface area (Å²) in [6, 6.07) is 9.49. The molecule has 0 N–H and O–H groups in total. The molecule has 0 fully saturated rings. The van der Waals surface area contributed by atoms with Gasteiger partial charge in [0.25, 0.3) is 5.56 Å². The smallest absolute Gasteiger partial charge is 0.295 e. The molecule has 37 heavy (non-hydrogen) atoms.